The zero-order valence-electron chi connectivity index (χ0n) is 17.2. The summed E-state index contributed by atoms with van der Waals surface area (Å²) < 4.78 is 1.77. The molecule has 0 saturated carbocycles. The number of aromatic nitrogens is 4. The van der Waals surface area contributed by atoms with E-state index in [2.05, 4.69) is 69.0 Å². The van der Waals surface area contributed by atoms with E-state index in [0.717, 1.165) is 11.5 Å². The molecule has 3 heterocycles. The highest BCUT2D eigenvalue weighted by atomic mass is 15.4. The van der Waals surface area contributed by atoms with E-state index in [0.29, 0.717) is 23.5 Å². The van der Waals surface area contributed by atoms with Gasteiger partial charge >= 0.3 is 0 Å². The van der Waals surface area contributed by atoms with Gasteiger partial charge in [-0.3, -0.25) is 0 Å². The molecule has 2 aromatic rings. The SMILES string of the molecule is CC.CC(C)c1cn(-c2ccc(B3CC(C)(C)C(C)(C)C3)cn2)nn1. The molecule has 0 amide bonds. The molecule has 1 aliphatic rings. The number of nitrogens with zero attached hydrogens (tertiary/aromatic N) is 4. The van der Waals surface area contributed by atoms with Crippen molar-refractivity contribution in [2.45, 2.75) is 73.9 Å². The Morgan fingerprint density at radius 2 is 1.64 bits per heavy atom. The second-order valence-corrected chi connectivity index (χ2v) is 8.57. The van der Waals surface area contributed by atoms with Crippen molar-refractivity contribution < 1.29 is 0 Å². The third-order valence-corrected chi connectivity index (χ3v) is 5.93. The summed E-state index contributed by atoms with van der Waals surface area (Å²) in [6, 6.07) is 4.27. The molecule has 0 bridgehead atoms. The van der Waals surface area contributed by atoms with Gasteiger partial charge in [0.05, 0.1) is 11.9 Å². The van der Waals surface area contributed by atoms with Crippen LogP contribution in [-0.2, 0) is 0 Å². The summed E-state index contributed by atoms with van der Waals surface area (Å²) in [7, 11) is 0. The highest BCUT2D eigenvalue weighted by Crippen LogP contribution is 2.52. The third-order valence-electron chi connectivity index (χ3n) is 5.93. The van der Waals surface area contributed by atoms with Crippen molar-refractivity contribution >= 4 is 12.2 Å². The van der Waals surface area contributed by atoms with Crippen molar-refractivity contribution in [2.75, 3.05) is 0 Å². The van der Waals surface area contributed by atoms with Crippen LogP contribution >= 0.6 is 0 Å². The number of hydrogen-bond donors (Lipinski definition) is 0. The first kappa shape index (κ1) is 19.7. The van der Waals surface area contributed by atoms with E-state index in [1.165, 1.54) is 18.1 Å². The Kier molecular flexibility index (Phi) is 5.75. The Balaban J connectivity index is 0.00000109. The van der Waals surface area contributed by atoms with Crippen LogP contribution < -0.4 is 5.46 Å². The maximum Gasteiger partial charge on any atom is 0.179 e. The lowest BCUT2D eigenvalue weighted by Crippen LogP contribution is -2.28. The fourth-order valence-electron chi connectivity index (χ4n) is 3.52. The smallest absolute Gasteiger partial charge is 0.179 e. The zero-order chi connectivity index (χ0) is 18.8. The Bertz CT molecular complexity index is 670. The van der Waals surface area contributed by atoms with E-state index >= 15 is 0 Å². The largest absolute Gasteiger partial charge is 0.238 e. The normalized spacial score (nSPS) is 18.2. The molecule has 25 heavy (non-hydrogen) atoms. The lowest BCUT2D eigenvalue weighted by Gasteiger charge is -2.35. The third kappa shape index (κ3) is 3.96. The van der Waals surface area contributed by atoms with Crippen molar-refractivity contribution in [3.05, 3.63) is 30.2 Å². The van der Waals surface area contributed by atoms with Crippen molar-refractivity contribution in [3.63, 3.8) is 0 Å². The molecule has 0 atom stereocenters. The minimum absolute atomic E-state index is 0.369. The number of hydrogen-bond acceptors (Lipinski definition) is 3. The van der Waals surface area contributed by atoms with Crippen LogP contribution in [0.3, 0.4) is 0 Å². The zero-order valence-corrected chi connectivity index (χ0v) is 17.2. The van der Waals surface area contributed by atoms with E-state index in [1.54, 1.807) is 4.68 Å². The maximum absolute atomic E-state index is 4.62. The lowest BCUT2D eigenvalue weighted by atomic mass is 9.42. The molecular weight excluding hydrogens is 307 g/mol. The van der Waals surface area contributed by atoms with Gasteiger partial charge in [0.15, 0.2) is 12.5 Å². The van der Waals surface area contributed by atoms with E-state index in [-0.39, 0.29) is 0 Å². The minimum Gasteiger partial charge on any atom is -0.238 e. The molecule has 0 aromatic carbocycles. The first-order valence-electron chi connectivity index (χ1n) is 9.58. The molecule has 3 rings (SSSR count). The topological polar surface area (TPSA) is 43.6 Å². The van der Waals surface area contributed by atoms with E-state index < -0.39 is 0 Å². The molecule has 0 aliphatic carbocycles. The monoisotopic (exact) mass is 340 g/mol. The standard InChI is InChI=1S/C18H27BN4.C2H6/c1-13(2)15-10-23(22-21-15)16-8-7-14(9-20-16)19-11-17(3,4)18(5,6)12-19;1-2/h7-10,13H,11-12H2,1-6H3;1-2H3. The van der Waals surface area contributed by atoms with Gasteiger partial charge in [0, 0.05) is 6.20 Å². The summed E-state index contributed by atoms with van der Waals surface area (Å²) in [6.45, 7) is 18.4. The van der Waals surface area contributed by atoms with Crippen LogP contribution in [0.15, 0.2) is 24.5 Å². The Labute approximate surface area is 153 Å². The van der Waals surface area contributed by atoms with Gasteiger partial charge in [-0.25, -0.2) is 9.67 Å². The van der Waals surface area contributed by atoms with Gasteiger partial charge < -0.3 is 0 Å². The van der Waals surface area contributed by atoms with Gasteiger partial charge in [-0.15, -0.1) is 5.10 Å². The van der Waals surface area contributed by atoms with E-state index in [9.17, 15) is 0 Å². The molecule has 0 unspecified atom stereocenters. The van der Waals surface area contributed by atoms with E-state index in [4.69, 9.17) is 0 Å². The molecular formula is C20H33BN4. The van der Waals surface area contributed by atoms with Gasteiger partial charge in [-0.05, 0) is 22.8 Å². The summed E-state index contributed by atoms with van der Waals surface area (Å²) in [5, 5.41) is 8.39. The van der Waals surface area contributed by atoms with Crippen LogP contribution in [-0.4, -0.2) is 26.7 Å². The fourth-order valence-corrected chi connectivity index (χ4v) is 3.52. The molecule has 4 nitrogen and oxygen atoms in total. The van der Waals surface area contributed by atoms with Gasteiger partial charge in [0.2, 0.25) is 0 Å². The van der Waals surface area contributed by atoms with Crippen LogP contribution in [0.5, 0.6) is 0 Å². The Morgan fingerprint density at radius 3 is 2.08 bits per heavy atom. The Morgan fingerprint density at radius 1 is 1.04 bits per heavy atom. The highest BCUT2D eigenvalue weighted by Gasteiger charge is 2.48. The van der Waals surface area contributed by atoms with Crippen LogP contribution in [0.1, 0.15) is 67.0 Å². The average Bonchev–Trinajstić information content (AvgIpc) is 3.13. The first-order chi connectivity index (χ1) is 11.7. The summed E-state index contributed by atoms with van der Waals surface area (Å²) in [4.78, 5) is 4.62. The molecule has 1 saturated heterocycles. The van der Waals surface area contributed by atoms with Gasteiger partial charge in [-0.1, -0.05) is 84.8 Å². The van der Waals surface area contributed by atoms with Crippen LogP contribution in [0.2, 0.25) is 12.6 Å². The molecule has 1 fully saturated rings. The first-order valence-corrected chi connectivity index (χ1v) is 9.58. The lowest BCUT2D eigenvalue weighted by molar-refractivity contribution is 0.177. The molecule has 0 N–H and O–H groups in total. The van der Waals surface area contributed by atoms with Crippen LogP contribution in [0.25, 0.3) is 5.82 Å². The molecule has 1 aliphatic heterocycles. The second kappa shape index (κ2) is 7.31. The summed E-state index contributed by atoms with van der Waals surface area (Å²) in [6.07, 6.45) is 6.44. The molecule has 2 aromatic heterocycles. The molecule has 0 radical (unpaired) electrons. The van der Waals surface area contributed by atoms with Crippen LogP contribution in [0, 0.1) is 10.8 Å². The summed E-state index contributed by atoms with van der Waals surface area (Å²) in [5.74, 6) is 1.22. The average molecular weight is 340 g/mol. The second-order valence-electron chi connectivity index (χ2n) is 8.57. The fraction of sp³-hybridized carbons (Fsp3) is 0.650. The predicted octanol–water partition coefficient (Wildman–Crippen LogP) is 4.58. The van der Waals surface area contributed by atoms with Gasteiger partial charge in [0.1, 0.15) is 0 Å². The quantitative estimate of drug-likeness (QED) is 0.768. The van der Waals surface area contributed by atoms with Crippen molar-refractivity contribution in [1.82, 2.24) is 20.0 Å². The number of rotatable bonds is 3. The van der Waals surface area contributed by atoms with Crippen molar-refractivity contribution in [2.24, 2.45) is 10.8 Å². The molecule has 0 spiro atoms. The van der Waals surface area contributed by atoms with Crippen molar-refractivity contribution in [1.29, 1.82) is 0 Å². The predicted molar refractivity (Wildman–Crippen MR) is 107 cm³/mol. The van der Waals surface area contributed by atoms with Gasteiger partial charge in [0.25, 0.3) is 0 Å². The molecule has 136 valence electrons. The summed E-state index contributed by atoms with van der Waals surface area (Å²) >= 11 is 0. The Hall–Kier alpha value is -1.65. The van der Waals surface area contributed by atoms with Gasteiger partial charge in [-0.2, -0.15) is 0 Å². The number of pyridine rings is 1. The highest BCUT2D eigenvalue weighted by molar-refractivity contribution is 6.74. The summed E-state index contributed by atoms with van der Waals surface area (Å²) in [5.41, 5.74) is 3.08. The van der Waals surface area contributed by atoms with Crippen LogP contribution in [0.4, 0.5) is 0 Å². The van der Waals surface area contributed by atoms with E-state index in [1.807, 2.05) is 26.2 Å². The maximum atomic E-state index is 4.62. The van der Waals surface area contributed by atoms with Crippen molar-refractivity contribution in [3.8, 4) is 5.82 Å². The minimum atomic E-state index is 0.369. The molecule has 5 heteroatoms.